The van der Waals surface area contributed by atoms with E-state index in [0.717, 1.165) is 38.5 Å². The van der Waals surface area contributed by atoms with Crippen LogP contribution < -0.4 is 5.32 Å². The van der Waals surface area contributed by atoms with Crippen molar-refractivity contribution >= 4 is 11.9 Å². The summed E-state index contributed by atoms with van der Waals surface area (Å²) >= 11 is 0. The van der Waals surface area contributed by atoms with Crippen molar-refractivity contribution in [2.45, 2.75) is 424 Å². The van der Waals surface area contributed by atoms with Crippen LogP contribution >= 0.6 is 0 Å². The van der Waals surface area contributed by atoms with Gasteiger partial charge in [-0.05, 0) is 25.7 Å². The largest absolute Gasteiger partial charge is 0.466 e. The molecule has 76 heavy (non-hydrogen) atoms. The molecule has 0 aromatic rings. The van der Waals surface area contributed by atoms with Gasteiger partial charge in [0.05, 0.1) is 25.4 Å². The van der Waals surface area contributed by atoms with Crippen LogP contribution in [0.25, 0.3) is 0 Å². The summed E-state index contributed by atoms with van der Waals surface area (Å²) in [4.78, 5) is 24.6. The molecule has 0 aromatic heterocycles. The van der Waals surface area contributed by atoms with Crippen molar-refractivity contribution in [3.63, 3.8) is 0 Å². The molecule has 0 radical (unpaired) electrons. The Hall–Kier alpha value is -1.14. The van der Waals surface area contributed by atoms with Crippen LogP contribution in [0.2, 0.25) is 0 Å². The van der Waals surface area contributed by atoms with Gasteiger partial charge in [-0.2, -0.15) is 0 Å². The van der Waals surface area contributed by atoms with Crippen LogP contribution in [-0.2, 0) is 14.3 Å². The Kier molecular flexibility index (Phi) is 65.4. The highest BCUT2D eigenvalue weighted by molar-refractivity contribution is 5.76. The standard InChI is InChI=1S/C70H139NO5/c1-3-5-7-9-11-13-15-17-18-19-32-35-39-42-46-50-54-58-62-68(73)67(66-72)71-69(74)63-59-55-51-47-43-40-36-33-30-28-26-24-22-20-21-23-25-27-29-31-34-37-41-45-49-53-57-61-65-76-70(75)64-60-56-52-48-44-38-16-14-12-10-8-6-4-2/h67-68,72-73H,3-66H2,1-2H3,(H,71,74). The average molecular weight is 1070 g/mol. The summed E-state index contributed by atoms with van der Waals surface area (Å²) in [5.74, 6) is -0.00546. The van der Waals surface area contributed by atoms with Gasteiger partial charge >= 0.3 is 5.97 Å². The fourth-order valence-electron chi connectivity index (χ4n) is 11.5. The summed E-state index contributed by atoms with van der Waals surface area (Å²) < 4.78 is 5.49. The molecule has 1 amide bonds. The minimum Gasteiger partial charge on any atom is -0.466 e. The van der Waals surface area contributed by atoms with E-state index < -0.39 is 12.1 Å². The summed E-state index contributed by atoms with van der Waals surface area (Å²) in [5, 5.41) is 23.4. The lowest BCUT2D eigenvalue weighted by atomic mass is 10.0. The normalized spacial score (nSPS) is 12.4. The van der Waals surface area contributed by atoms with Crippen molar-refractivity contribution in [2.24, 2.45) is 0 Å². The Morgan fingerprint density at radius 1 is 0.316 bits per heavy atom. The van der Waals surface area contributed by atoms with Crippen molar-refractivity contribution in [1.29, 1.82) is 0 Å². The summed E-state index contributed by atoms with van der Waals surface area (Å²) in [6.07, 6.45) is 80.1. The lowest BCUT2D eigenvalue weighted by Gasteiger charge is -2.22. The lowest BCUT2D eigenvalue weighted by molar-refractivity contribution is -0.143. The topological polar surface area (TPSA) is 95.9 Å². The fourth-order valence-corrected chi connectivity index (χ4v) is 11.5. The Labute approximate surface area is 476 Å². The first-order valence-corrected chi connectivity index (χ1v) is 35.3. The molecule has 0 aliphatic rings. The van der Waals surface area contributed by atoms with Crippen molar-refractivity contribution in [2.75, 3.05) is 13.2 Å². The molecule has 0 rings (SSSR count). The number of ether oxygens (including phenoxy) is 1. The number of carbonyl (C=O) groups is 2. The van der Waals surface area contributed by atoms with Gasteiger partial charge in [-0.15, -0.1) is 0 Å². The van der Waals surface area contributed by atoms with Crippen molar-refractivity contribution in [1.82, 2.24) is 5.32 Å². The molecular weight excluding hydrogens is 935 g/mol. The van der Waals surface area contributed by atoms with E-state index in [9.17, 15) is 19.8 Å². The maximum atomic E-state index is 12.5. The number of carbonyl (C=O) groups excluding carboxylic acids is 2. The summed E-state index contributed by atoms with van der Waals surface area (Å²) in [5.41, 5.74) is 0. The number of hydrogen-bond acceptors (Lipinski definition) is 5. The molecule has 0 spiro atoms. The molecule has 0 fully saturated rings. The van der Waals surface area contributed by atoms with Crippen molar-refractivity contribution in [3.8, 4) is 0 Å². The van der Waals surface area contributed by atoms with E-state index in [1.54, 1.807) is 0 Å². The van der Waals surface area contributed by atoms with Crippen LogP contribution in [0, 0.1) is 0 Å². The van der Waals surface area contributed by atoms with Gasteiger partial charge in [-0.1, -0.05) is 373 Å². The number of nitrogens with one attached hydrogen (secondary N) is 1. The highest BCUT2D eigenvalue weighted by atomic mass is 16.5. The second-order valence-electron chi connectivity index (χ2n) is 24.6. The van der Waals surface area contributed by atoms with Crippen LogP contribution in [0.1, 0.15) is 412 Å². The number of rotatable bonds is 67. The zero-order chi connectivity index (χ0) is 55.0. The molecule has 2 unspecified atom stereocenters. The number of aliphatic hydroxyl groups excluding tert-OH is 2. The SMILES string of the molecule is CCCCCCCCCCCCCCCCCCCCC(O)C(CO)NC(=O)CCCCCCCCCCCCCCCCCCCCCCCCCCCCCCOC(=O)CCCCCCCCCCCCCCC. The van der Waals surface area contributed by atoms with Crippen LogP contribution in [0.4, 0.5) is 0 Å². The summed E-state index contributed by atoms with van der Waals surface area (Å²) in [6.45, 7) is 5.00. The molecule has 0 heterocycles. The van der Waals surface area contributed by atoms with Gasteiger partial charge in [0.2, 0.25) is 5.91 Å². The monoisotopic (exact) mass is 1070 g/mol. The molecule has 6 heteroatoms. The Bertz CT molecular complexity index is 1100. The van der Waals surface area contributed by atoms with Crippen LogP contribution in [0.15, 0.2) is 0 Å². The maximum absolute atomic E-state index is 12.5. The number of unbranched alkanes of at least 4 members (excludes halogenated alkanes) is 56. The second-order valence-corrected chi connectivity index (χ2v) is 24.6. The molecule has 0 aliphatic carbocycles. The van der Waals surface area contributed by atoms with Crippen LogP contribution in [0.3, 0.4) is 0 Å². The highest BCUT2D eigenvalue weighted by Gasteiger charge is 2.20. The highest BCUT2D eigenvalue weighted by Crippen LogP contribution is 2.20. The molecule has 0 saturated carbocycles. The second kappa shape index (κ2) is 66.4. The first-order chi connectivity index (χ1) is 37.5. The van der Waals surface area contributed by atoms with E-state index >= 15 is 0 Å². The van der Waals surface area contributed by atoms with Gasteiger partial charge in [0, 0.05) is 12.8 Å². The molecule has 0 aliphatic heterocycles. The number of amides is 1. The molecule has 0 aromatic carbocycles. The van der Waals surface area contributed by atoms with Crippen molar-refractivity contribution < 1.29 is 24.5 Å². The smallest absolute Gasteiger partial charge is 0.305 e. The number of esters is 1. The summed E-state index contributed by atoms with van der Waals surface area (Å²) in [6, 6.07) is -0.538. The van der Waals surface area contributed by atoms with E-state index in [-0.39, 0.29) is 18.5 Å². The van der Waals surface area contributed by atoms with Gasteiger partial charge in [-0.3, -0.25) is 9.59 Å². The predicted octanol–water partition coefficient (Wildman–Crippen LogP) is 22.6. The lowest BCUT2D eigenvalue weighted by Crippen LogP contribution is -2.45. The van der Waals surface area contributed by atoms with Gasteiger partial charge < -0.3 is 20.3 Å². The van der Waals surface area contributed by atoms with E-state index in [0.29, 0.717) is 25.9 Å². The minimum absolute atomic E-state index is 0.0216. The van der Waals surface area contributed by atoms with Crippen molar-refractivity contribution in [3.05, 3.63) is 0 Å². The predicted molar refractivity (Wildman–Crippen MR) is 334 cm³/mol. The van der Waals surface area contributed by atoms with E-state index in [1.807, 2.05) is 0 Å². The van der Waals surface area contributed by atoms with Gasteiger partial charge in [-0.25, -0.2) is 0 Å². The van der Waals surface area contributed by atoms with Crippen LogP contribution in [0.5, 0.6) is 0 Å². The van der Waals surface area contributed by atoms with Gasteiger partial charge in [0.25, 0.3) is 0 Å². The number of aliphatic hydroxyl groups is 2. The van der Waals surface area contributed by atoms with E-state index in [1.165, 1.54) is 340 Å². The molecule has 6 nitrogen and oxygen atoms in total. The third-order valence-electron chi connectivity index (χ3n) is 16.9. The summed E-state index contributed by atoms with van der Waals surface area (Å²) in [7, 11) is 0. The zero-order valence-corrected chi connectivity index (χ0v) is 52.0. The Morgan fingerprint density at radius 3 is 0.803 bits per heavy atom. The Morgan fingerprint density at radius 2 is 0.539 bits per heavy atom. The quantitative estimate of drug-likeness (QED) is 0.0417. The first-order valence-electron chi connectivity index (χ1n) is 35.3. The molecule has 454 valence electrons. The van der Waals surface area contributed by atoms with E-state index in [2.05, 4.69) is 19.2 Å². The van der Waals surface area contributed by atoms with E-state index in [4.69, 9.17) is 4.74 Å². The molecule has 2 atom stereocenters. The fraction of sp³-hybridized carbons (Fsp3) is 0.971. The molecular formula is C70H139NO5. The van der Waals surface area contributed by atoms with Crippen LogP contribution in [-0.4, -0.2) is 47.4 Å². The van der Waals surface area contributed by atoms with Gasteiger partial charge in [0.1, 0.15) is 0 Å². The maximum Gasteiger partial charge on any atom is 0.305 e. The number of hydrogen-bond donors (Lipinski definition) is 3. The first kappa shape index (κ1) is 74.9. The molecule has 3 N–H and O–H groups in total. The molecule has 0 saturated heterocycles. The van der Waals surface area contributed by atoms with Gasteiger partial charge in [0.15, 0.2) is 0 Å². The third-order valence-corrected chi connectivity index (χ3v) is 16.9. The molecule has 0 bridgehead atoms. The third kappa shape index (κ3) is 62.1. The zero-order valence-electron chi connectivity index (χ0n) is 52.0. The average Bonchev–Trinajstić information content (AvgIpc) is 3.42. The minimum atomic E-state index is -0.661. The Balaban J connectivity index is 3.33.